The van der Waals surface area contributed by atoms with Gasteiger partial charge in [0, 0.05) is 0 Å². The number of hydrogen-bond donors (Lipinski definition) is 0. The SMILES string of the molecule is COC(=O)c1c(C)cc(C(C)(C)C)cc1C. The fourth-order valence-corrected chi connectivity index (χ4v) is 1.82. The molecule has 0 atom stereocenters. The van der Waals surface area contributed by atoms with Gasteiger partial charge in [0.25, 0.3) is 0 Å². The highest BCUT2D eigenvalue weighted by molar-refractivity contribution is 5.92. The molecule has 88 valence electrons. The highest BCUT2D eigenvalue weighted by atomic mass is 16.5. The highest BCUT2D eigenvalue weighted by Crippen LogP contribution is 2.27. The number of carbonyl (C=O) groups excluding carboxylic acids is 1. The van der Waals surface area contributed by atoms with Crippen LogP contribution in [0.15, 0.2) is 12.1 Å². The molecule has 1 aromatic carbocycles. The molecule has 16 heavy (non-hydrogen) atoms. The molecule has 0 fully saturated rings. The molecule has 2 nitrogen and oxygen atoms in total. The van der Waals surface area contributed by atoms with E-state index >= 15 is 0 Å². The van der Waals surface area contributed by atoms with Gasteiger partial charge in [0.2, 0.25) is 0 Å². The summed E-state index contributed by atoms with van der Waals surface area (Å²) in [5.74, 6) is -0.254. The Balaban J connectivity index is 3.34. The molecular weight excluding hydrogens is 200 g/mol. The Morgan fingerprint density at radius 2 is 1.56 bits per heavy atom. The van der Waals surface area contributed by atoms with Gasteiger partial charge in [-0.3, -0.25) is 0 Å². The Morgan fingerprint density at radius 1 is 1.12 bits per heavy atom. The monoisotopic (exact) mass is 220 g/mol. The van der Waals surface area contributed by atoms with Crippen LogP contribution in [-0.4, -0.2) is 13.1 Å². The number of carbonyl (C=O) groups is 1. The molecule has 1 rings (SSSR count). The number of rotatable bonds is 1. The van der Waals surface area contributed by atoms with Gasteiger partial charge in [-0.05, 0) is 36.0 Å². The number of benzene rings is 1. The number of aryl methyl sites for hydroxylation is 2. The summed E-state index contributed by atoms with van der Waals surface area (Å²) in [5.41, 5.74) is 4.00. The fourth-order valence-electron chi connectivity index (χ4n) is 1.82. The van der Waals surface area contributed by atoms with Crippen LogP contribution in [0.2, 0.25) is 0 Å². The van der Waals surface area contributed by atoms with Crippen LogP contribution >= 0.6 is 0 Å². The van der Waals surface area contributed by atoms with Crippen molar-refractivity contribution in [3.8, 4) is 0 Å². The van der Waals surface area contributed by atoms with Gasteiger partial charge in [-0.15, -0.1) is 0 Å². The van der Waals surface area contributed by atoms with E-state index in [4.69, 9.17) is 4.74 Å². The second kappa shape index (κ2) is 4.28. The summed E-state index contributed by atoms with van der Waals surface area (Å²) >= 11 is 0. The molecule has 0 spiro atoms. The molecule has 0 unspecified atom stereocenters. The van der Waals surface area contributed by atoms with Gasteiger partial charge in [0.05, 0.1) is 12.7 Å². The molecule has 1 aromatic rings. The van der Waals surface area contributed by atoms with E-state index in [2.05, 4.69) is 32.9 Å². The largest absolute Gasteiger partial charge is 0.465 e. The van der Waals surface area contributed by atoms with Crippen molar-refractivity contribution in [3.05, 3.63) is 34.4 Å². The lowest BCUT2D eigenvalue weighted by Gasteiger charge is -2.21. The van der Waals surface area contributed by atoms with E-state index in [1.165, 1.54) is 12.7 Å². The zero-order valence-electron chi connectivity index (χ0n) is 11.0. The van der Waals surface area contributed by atoms with E-state index in [9.17, 15) is 4.79 Å². The maximum Gasteiger partial charge on any atom is 0.338 e. The van der Waals surface area contributed by atoms with E-state index < -0.39 is 0 Å². The van der Waals surface area contributed by atoms with Crippen LogP contribution < -0.4 is 0 Å². The minimum Gasteiger partial charge on any atom is -0.465 e. The first-order valence-corrected chi connectivity index (χ1v) is 5.47. The Morgan fingerprint density at radius 3 is 1.88 bits per heavy atom. The Labute approximate surface area is 97.6 Å². The maximum atomic E-state index is 11.6. The van der Waals surface area contributed by atoms with Crippen molar-refractivity contribution in [1.82, 2.24) is 0 Å². The van der Waals surface area contributed by atoms with Crippen LogP contribution in [0.1, 0.15) is 47.8 Å². The van der Waals surface area contributed by atoms with Gasteiger partial charge in [-0.1, -0.05) is 32.9 Å². The lowest BCUT2D eigenvalue weighted by atomic mass is 9.84. The highest BCUT2D eigenvalue weighted by Gasteiger charge is 2.19. The standard InChI is InChI=1S/C14H20O2/c1-9-7-11(14(3,4)5)8-10(2)12(9)13(15)16-6/h7-8H,1-6H3. The van der Waals surface area contributed by atoms with Crippen LogP contribution in [0.5, 0.6) is 0 Å². The van der Waals surface area contributed by atoms with Gasteiger partial charge in [0.1, 0.15) is 0 Å². The third kappa shape index (κ3) is 2.43. The summed E-state index contributed by atoms with van der Waals surface area (Å²) in [7, 11) is 1.42. The molecule has 0 saturated heterocycles. The zero-order valence-corrected chi connectivity index (χ0v) is 11.0. The molecular formula is C14H20O2. The van der Waals surface area contributed by atoms with Crippen molar-refractivity contribution in [2.75, 3.05) is 7.11 Å². The lowest BCUT2D eigenvalue weighted by Crippen LogP contribution is -2.14. The number of hydrogen-bond acceptors (Lipinski definition) is 2. The molecule has 0 aliphatic rings. The van der Waals surface area contributed by atoms with E-state index in [0.29, 0.717) is 5.56 Å². The smallest absolute Gasteiger partial charge is 0.338 e. The fraction of sp³-hybridized carbons (Fsp3) is 0.500. The summed E-state index contributed by atoms with van der Waals surface area (Å²) in [6, 6.07) is 4.14. The van der Waals surface area contributed by atoms with Crippen LogP contribution in [0.3, 0.4) is 0 Å². The van der Waals surface area contributed by atoms with E-state index in [-0.39, 0.29) is 11.4 Å². The van der Waals surface area contributed by atoms with E-state index in [1.54, 1.807) is 0 Å². The topological polar surface area (TPSA) is 26.3 Å². The van der Waals surface area contributed by atoms with Gasteiger partial charge < -0.3 is 4.74 Å². The van der Waals surface area contributed by atoms with Gasteiger partial charge in [-0.2, -0.15) is 0 Å². The van der Waals surface area contributed by atoms with Crippen molar-refractivity contribution in [3.63, 3.8) is 0 Å². The second-order valence-electron chi connectivity index (χ2n) is 5.23. The molecule has 0 aliphatic carbocycles. The van der Waals surface area contributed by atoms with Crippen molar-refractivity contribution < 1.29 is 9.53 Å². The Bertz CT molecular complexity index is 388. The summed E-state index contributed by atoms with van der Waals surface area (Å²) in [6.45, 7) is 10.4. The second-order valence-corrected chi connectivity index (χ2v) is 5.23. The molecule has 2 heteroatoms. The Kier molecular flexibility index (Phi) is 3.41. The minimum absolute atomic E-state index is 0.101. The molecule has 0 amide bonds. The van der Waals surface area contributed by atoms with Crippen molar-refractivity contribution in [2.45, 2.75) is 40.0 Å². The average Bonchev–Trinajstić information content (AvgIpc) is 2.14. The summed E-state index contributed by atoms with van der Waals surface area (Å²) < 4.78 is 4.78. The third-order valence-electron chi connectivity index (χ3n) is 2.79. The van der Waals surface area contributed by atoms with Crippen LogP contribution in [0, 0.1) is 13.8 Å². The van der Waals surface area contributed by atoms with Crippen LogP contribution in [-0.2, 0) is 10.2 Å². The zero-order chi connectivity index (χ0) is 12.5. The Hall–Kier alpha value is -1.31. The normalized spacial score (nSPS) is 11.4. The van der Waals surface area contributed by atoms with Crippen LogP contribution in [0.25, 0.3) is 0 Å². The van der Waals surface area contributed by atoms with Crippen molar-refractivity contribution in [1.29, 1.82) is 0 Å². The van der Waals surface area contributed by atoms with E-state index in [0.717, 1.165) is 11.1 Å². The molecule has 0 bridgehead atoms. The molecule has 0 aliphatic heterocycles. The predicted octanol–water partition coefficient (Wildman–Crippen LogP) is 3.39. The van der Waals surface area contributed by atoms with E-state index in [1.807, 2.05) is 13.8 Å². The van der Waals surface area contributed by atoms with Gasteiger partial charge in [0.15, 0.2) is 0 Å². The predicted molar refractivity (Wildman–Crippen MR) is 66.0 cm³/mol. The third-order valence-corrected chi connectivity index (χ3v) is 2.79. The molecule has 0 saturated carbocycles. The summed E-state index contributed by atoms with van der Waals surface area (Å²) in [6.07, 6.45) is 0. The van der Waals surface area contributed by atoms with Gasteiger partial charge >= 0.3 is 5.97 Å². The molecule has 0 N–H and O–H groups in total. The molecule has 0 heterocycles. The van der Waals surface area contributed by atoms with Gasteiger partial charge in [-0.25, -0.2) is 4.79 Å². The lowest BCUT2D eigenvalue weighted by molar-refractivity contribution is 0.0599. The summed E-state index contributed by atoms with van der Waals surface area (Å²) in [5, 5.41) is 0. The summed E-state index contributed by atoms with van der Waals surface area (Å²) in [4.78, 5) is 11.6. The molecule has 0 aromatic heterocycles. The maximum absolute atomic E-state index is 11.6. The molecule has 0 radical (unpaired) electrons. The first kappa shape index (κ1) is 12.8. The first-order chi connectivity index (χ1) is 7.27. The number of esters is 1. The average molecular weight is 220 g/mol. The van der Waals surface area contributed by atoms with Crippen LogP contribution in [0.4, 0.5) is 0 Å². The minimum atomic E-state index is -0.254. The van der Waals surface area contributed by atoms with Crippen molar-refractivity contribution >= 4 is 5.97 Å². The number of methoxy groups -OCH3 is 1. The quantitative estimate of drug-likeness (QED) is 0.678. The van der Waals surface area contributed by atoms with Crippen molar-refractivity contribution in [2.24, 2.45) is 0 Å². The first-order valence-electron chi connectivity index (χ1n) is 5.47. The number of ether oxygens (including phenoxy) is 1.